The minimum Gasteiger partial charge on any atom is -0.457 e. The summed E-state index contributed by atoms with van der Waals surface area (Å²) >= 11 is 12.7. The van der Waals surface area contributed by atoms with Crippen LogP contribution in [-0.2, 0) is 4.79 Å². The number of hydrogen-bond acceptors (Lipinski definition) is 3. The number of hydrogen-bond donors (Lipinski definition) is 1. The number of amides is 1. The van der Waals surface area contributed by atoms with Gasteiger partial charge in [-0.15, -0.1) is 0 Å². The molecular formula is C25H24Cl2N2O2. The van der Waals surface area contributed by atoms with Crippen molar-refractivity contribution in [1.29, 1.82) is 0 Å². The van der Waals surface area contributed by atoms with Crippen molar-refractivity contribution in [2.75, 3.05) is 23.3 Å². The Hall–Kier alpha value is -2.69. The molecule has 0 atom stereocenters. The summed E-state index contributed by atoms with van der Waals surface area (Å²) in [5.41, 5.74) is 3.52. The van der Waals surface area contributed by atoms with Crippen LogP contribution in [0, 0.1) is 6.92 Å². The average molecular weight is 455 g/mol. The minimum absolute atomic E-state index is 0.239. The first kappa shape index (κ1) is 21.5. The molecule has 1 N–H and O–H groups in total. The highest BCUT2D eigenvalue weighted by Crippen LogP contribution is 2.35. The lowest BCUT2D eigenvalue weighted by molar-refractivity contribution is -0.111. The summed E-state index contributed by atoms with van der Waals surface area (Å²) in [6.07, 6.45) is 6.60. The fourth-order valence-electron chi connectivity index (χ4n) is 3.73. The maximum atomic E-state index is 12.6. The van der Waals surface area contributed by atoms with Crippen LogP contribution >= 0.6 is 23.2 Å². The number of aryl methyl sites for hydroxylation is 1. The Morgan fingerprint density at radius 2 is 1.84 bits per heavy atom. The molecule has 0 aliphatic carbocycles. The Kier molecular flexibility index (Phi) is 6.69. The molecular weight excluding hydrogens is 431 g/mol. The van der Waals surface area contributed by atoms with Crippen molar-refractivity contribution in [2.45, 2.75) is 26.2 Å². The van der Waals surface area contributed by atoms with Gasteiger partial charge in [-0.25, -0.2) is 0 Å². The first-order chi connectivity index (χ1) is 15.0. The third kappa shape index (κ3) is 5.15. The van der Waals surface area contributed by atoms with E-state index in [-0.39, 0.29) is 5.91 Å². The second-order valence-corrected chi connectivity index (χ2v) is 8.49. The molecule has 6 heteroatoms. The molecule has 2 aromatic carbocycles. The molecule has 1 aromatic heterocycles. The minimum atomic E-state index is -0.239. The summed E-state index contributed by atoms with van der Waals surface area (Å²) in [5, 5.41) is 4.30. The average Bonchev–Trinajstić information content (AvgIpc) is 3.24. The van der Waals surface area contributed by atoms with Gasteiger partial charge in [0.25, 0.3) is 0 Å². The zero-order valence-electron chi connectivity index (χ0n) is 17.3. The maximum Gasteiger partial charge on any atom is 0.248 e. The van der Waals surface area contributed by atoms with Gasteiger partial charge in [0.15, 0.2) is 0 Å². The van der Waals surface area contributed by atoms with Crippen molar-refractivity contribution >= 4 is 46.6 Å². The van der Waals surface area contributed by atoms with E-state index in [4.69, 9.17) is 27.6 Å². The molecule has 1 fully saturated rings. The van der Waals surface area contributed by atoms with Crippen LogP contribution in [-0.4, -0.2) is 19.0 Å². The topological polar surface area (TPSA) is 45.5 Å². The molecule has 1 amide bonds. The van der Waals surface area contributed by atoms with Crippen LogP contribution in [0.15, 0.2) is 59.0 Å². The number of anilines is 2. The van der Waals surface area contributed by atoms with Crippen LogP contribution in [0.5, 0.6) is 0 Å². The molecule has 1 aliphatic heterocycles. The Bertz CT molecular complexity index is 1110. The number of furan rings is 1. The SMILES string of the molecule is Cc1ccc(-c2ccc(/C=C/C(=O)Nc3cccc(Cl)c3N3CCCCC3)o2)cc1Cl. The molecule has 1 aliphatic rings. The summed E-state index contributed by atoms with van der Waals surface area (Å²) in [7, 11) is 0. The van der Waals surface area contributed by atoms with Crippen LogP contribution in [0.3, 0.4) is 0 Å². The molecule has 31 heavy (non-hydrogen) atoms. The van der Waals surface area contributed by atoms with E-state index >= 15 is 0 Å². The molecule has 2 heterocycles. The predicted octanol–water partition coefficient (Wildman–Crippen LogP) is 7.20. The molecule has 0 bridgehead atoms. The first-order valence-electron chi connectivity index (χ1n) is 10.4. The largest absolute Gasteiger partial charge is 0.457 e. The van der Waals surface area contributed by atoms with Crippen LogP contribution in [0.4, 0.5) is 11.4 Å². The highest BCUT2D eigenvalue weighted by atomic mass is 35.5. The number of nitrogens with one attached hydrogen (secondary N) is 1. The second-order valence-electron chi connectivity index (χ2n) is 7.67. The highest BCUT2D eigenvalue weighted by Gasteiger charge is 2.18. The van der Waals surface area contributed by atoms with Crippen LogP contribution in [0.25, 0.3) is 17.4 Å². The fourth-order valence-corrected chi connectivity index (χ4v) is 4.21. The van der Waals surface area contributed by atoms with Gasteiger partial charge in [-0.3, -0.25) is 4.79 Å². The second kappa shape index (κ2) is 9.63. The number of piperidine rings is 1. The number of halogens is 2. The van der Waals surface area contributed by atoms with E-state index in [9.17, 15) is 4.79 Å². The van der Waals surface area contributed by atoms with Gasteiger partial charge in [0.05, 0.1) is 16.4 Å². The van der Waals surface area contributed by atoms with Gasteiger partial charge in [0.1, 0.15) is 11.5 Å². The third-order valence-corrected chi connectivity index (χ3v) is 6.11. The standard InChI is InChI=1S/C25H24Cl2N2O2/c1-17-8-9-18(16-21(17)27)23-12-10-19(31-23)11-13-24(30)28-22-7-5-6-20(26)25(22)29-14-3-2-4-15-29/h5-13,16H,2-4,14-15H2,1H3,(H,28,30)/b13-11+. The summed E-state index contributed by atoms with van der Waals surface area (Å²) in [4.78, 5) is 14.8. The van der Waals surface area contributed by atoms with E-state index in [2.05, 4.69) is 10.2 Å². The maximum absolute atomic E-state index is 12.6. The van der Waals surface area contributed by atoms with Crippen molar-refractivity contribution in [3.05, 3.63) is 76.0 Å². The molecule has 0 saturated carbocycles. The molecule has 1 saturated heterocycles. The summed E-state index contributed by atoms with van der Waals surface area (Å²) < 4.78 is 5.85. The first-order valence-corrected chi connectivity index (χ1v) is 11.2. The molecule has 0 unspecified atom stereocenters. The number of carbonyl (C=O) groups is 1. The molecule has 4 rings (SSSR count). The van der Waals surface area contributed by atoms with Gasteiger partial charge in [-0.05, 0) is 68.2 Å². The Balaban J connectivity index is 1.47. The Morgan fingerprint density at radius 1 is 1.03 bits per heavy atom. The lowest BCUT2D eigenvalue weighted by atomic mass is 10.1. The normalized spacial score (nSPS) is 14.2. The van der Waals surface area contributed by atoms with E-state index in [1.54, 1.807) is 6.08 Å². The number of benzene rings is 2. The predicted molar refractivity (Wildman–Crippen MR) is 129 cm³/mol. The van der Waals surface area contributed by atoms with E-state index in [1.165, 1.54) is 12.5 Å². The fraction of sp³-hybridized carbons (Fsp3) is 0.240. The molecule has 0 radical (unpaired) electrons. The van der Waals surface area contributed by atoms with Crippen LogP contribution in [0.1, 0.15) is 30.6 Å². The zero-order chi connectivity index (χ0) is 21.8. The van der Waals surface area contributed by atoms with E-state index in [0.29, 0.717) is 21.6 Å². The van der Waals surface area contributed by atoms with Gasteiger partial charge < -0.3 is 14.6 Å². The smallest absolute Gasteiger partial charge is 0.248 e. The lowest BCUT2D eigenvalue weighted by Gasteiger charge is -2.31. The summed E-state index contributed by atoms with van der Waals surface area (Å²) in [6, 6.07) is 15.1. The monoisotopic (exact) mass is 454 g/mol. The number of rotatable bonds is 5. The Labute approximate surface area is 192 Å². The van der Waals surface area contributed by atoms with Gasteiger partial charge >= 0.3 is 0 Å². The van der Waals surface area contributed by atoms with E-state index in [0.717, 1.165) is 48.4 Å². The molecule has 4 nitrogen and oxygen atoms in total. The van der Waals surface area contributed by atoms with Crippen LogP contribution < -0.4 is 10.2 Å². The van der Waals surface area contributed by atoms with Crippen molar-refractivity contribution < 1.29 is 9.21 Å². The van der Waals surface area contributed by atoms with Gasteiger partial charge in [-0.1, -0.05) is 41.4 Å². The third-order valence-electron chi connectivity index (χ3n) is 5.40. The quantitative estimate of drug-likeness (QED) is 0.414. The number of carbonyl (C=O) groups excluding carboxylic acids is 1. The number of para-hydroxylation sites is 1. The highest BCUT2D eigenvalue weighted by molar-refractivity contribution is 6.34. The van der Waals surface area contributed by atoms with Crippen LogP contribution in [0.2, 0.25) is 10.0 Å². The summed E-state index contributed by atoms with van der Waals surface area (Å²) in [5.74, 6) is 1.05. The van der Waals surface area contributed by atoms with Crippen molar-refractivity contribution in [3.63, 3.8) is 0 Å². The van der Waals surface area contributed by atoms with E-state index < -0.39 is 0 Å². The molecule has 3 aromatic rings. The molecule has 160 valence electrons. The number of nitrogens with zero attached hydrogens (tertiary/aromatic N) is 1. The summed E-state index contributed by atoms with van der Waals surface area (Å²) in [6.45, 7) is 3.85. The van der Waals surface area contributed by atoms with Crippen molar-refractivity contribution in [2.24, 2.45) is 0 Å². The van der Waals surface area contributed by atoms with Gasteiger partial charge in [0.2, 0.25) is 5.91 Å². The van der Waals surface area contributed by atoms with Crippen molar-refractivity contribution in [3.8, 4) is 11.3 Å². The molecule has 0 spiro atoms. The van der Waals surface area contributed by atoms with Gasteiger partial charge in [0, 0.05) is 29.8 Å². The van der Waals surface area contributed by atoms with Gasteiger partial charge in [-0.2, -0.15) is 0 Å². The van der Waals surface area contributed by atoms with Crippen molar-refractivity contribution in [1.82, 2.24) is 0 Å². The Morgan fingerprint density at radius 3 is 2.61 bits per heavy atom. The zero-order valence-corrected chi connectivity index (χ0v) is 18.8. The van der Waals surface area contributed by atoms with E-state index in [1.807, 2.05) is 55.5 Å². The lowest BCUT2D eigenvalue weighted by Crippen LogP contribution is -2.30.